The smallest absolute Gasteiger partial charge is 0.272 e. The quantitative estimate of drug-likeness (QED) is 0.631. The van der Waals surface area contributed by atoms with E-state index in [4.69, 9.17) is 16.3 Å². The molecule has 0 fully saturated rings. The minimum absolute atomic E-state index is 0.0826. The number of nitrogens with one attached hydrogen (secondary N) is 3. The van der Waals surface area contributed by atoms with Crippen LogP contribution in [0.5, 0.6) is 5.75 Å². The maximum atomic E-state index is 12.7. The van der Waals surface area contributed by atoms with Gasteiger partial charge in [0.05, 0.1) is 18.2 Å². The van der Waals surface area contributed by atoms with Crippen molar-refractivity contribution in [1.82, 2.24) is 25.7 Å². The lowest BCUT2D eigenvalue weighted by atomic mass is 10.2. The molecule has 9 nitrogen and oxygen atoms in total. The number of ether oxygens (including phenoxy) is 1. The monoisotopic (exact) mass is 433 g/mol. The number of rotatable bonds is 1. The molecular formula is C20H24ClN5O4. The van der Waals surface area contributed by atoms with E-state index in [1.165, 1.54) is 11.1 Å². The van der Waals surface area contributed by atoms with E-state index in [9.17, 15) is 14.4 Å². The van der Waals surface area contributed by atoms with Gasteiger partial charge in [0.2, 0.25) is 5.91 Å². The number of hydrogen-bond acceptors (Lipinski definition) is 5. The molecule has 1 atom stereocenters. The Morgan fingerprint density at radius 3 is 2.87 bits per heavy atom. The first-order valence-electron chi connectivity index (χ1n) is 9.72. The van der Waals surface area contributed by atoms with E-state index >= 15 is 0 Å². The van der Waals surface area contributed by atoms with Gasteiger partial charge < -0.3 is 20.3 Å². The predicted octanol–water partition coefficient (Wildman–Crippen LogP) is 1.61. The summed E-state index contributed by atoms with van der Waals surface area (Å²) in [5.74, 6) is -0.491. The fourth-order valence-corrected chi connectivity index (χ4v) is 3.25. The van der Waals surface area contributed by atoms with E-state index < -0.39 is 0 Å². The molecule has 2 heterocycles. The maximum Gasteiger partial charge on any atom is 0.272 e. The van der Waals surface area contributed by atoms with Gasteiger partial charge in [-0.2, -0.15) is 5.10 Å². The Balaban J connectivity index is 1.74. The van der Waals surface area contributed by atoms with Gasteiger partial charge in [-0.25, -0.2) is 0 Å². The number of aromatic nitrogens is 2. The maximum absolute atomic E-state index is 12.7. The van der Waals surface area contributed by atoms with Gasteiger partial charge in [-0.1, -0.05) is 11.6 Å². The Kier molecular flexibility index (Phi) is 7.29. The SMILES string of the molecule is C[C@@H]1COc2ccc(Cl)cc2C(=O)NCCCCN(C(=O)c2ccn[nH]2)CC(=O)N1. The van der Waals surface area contributed by atoms with Crippen molar-refractivity contribution < 1.29 is 19.1 Å². The topological polar surface area (TPSA) is 116 Å². The molecule has 0 spiro atoms. The van der Waals surface area contributed by atoms with Crippen LogP contribution in [-0.2, 0) is 4.79 Å². The normalized spacial score (nSPS) is 18.9. The van der Waals surface area contributed by atoms with Gasteiger partial charge in [-0.3, -0.25) is 19.5 Å². The highest BCUT2D eigenvalue weighted by Gasteiger charge is 2.21. The molecule has 0 radical (unpaired) electrons. The summed E-state index contributed by atoms with van der Waals surface area (Å²) < 4.78 is 5.75. The number of hydrogen-bond donors (Lipinski definition) is 3. The fraction of sp³-hybridized carbons (Fsp3) is 0.400. The third-order valence-electron chi connectivity index (χ3n) is 4.58. The van der Waals surface area contributed by atoms with Crippen molar-refractivity contribution in [2.24, 2.45) is 0 Å². The number of nitrogens with zero attached hydrogens (tertiary/aromatic N) is 2. The third-order valence-corrected chi connectivity index (χ3v) is 4.81. The fourth-order valence-electron chi connectivity index (χ4n) is 3.08. The van der Waals surface area contributed by atoms with Crippen LogP contribution in [0.15, 0.2) is 30.5 Å². The van der Waals surface area contributed by atoms with E-state index in [0.29, 0.717) is 48.0 Å². The molecule has 1 aliphatic rings. The first kappa shape index (κ1) is 21.6. The van der Waals surface area contributed by atoms with Gasteiger partial charge in [0, 0.05) is 24.3 Å². The van der Waals surface area contributed by atoms with Gasteiger partial charge in [0.25, 0.3) is 11.8 Å². The summed E-state index contributed by atoms with van der Waals surface area (Å²) in [5.41, 5.74) is 0.657. The molecule has 0 saturated heterocycles. The molecule has 0 aliphatic carbocycles. The Morgan fingerprint density at radius 2 is 2.10 bits per heavy atom. The number of amides is 3. The van der Waals surface area contributed by atoms with Crippen molar-refractivity contribution in [3.05, 3.63) is 46.7 Å². The minimum Gasteiger partial charge on any atom is -0.491 e. The number of fused-ring (bicyclic) bond motifs is 1. The number of carbonyl (C=O) groups excluding carboxylic acids is 3. The van der Waals surface area contributed by atoms with E-state index in [1.54, 1.807) is 31.2 Å². The highest BCUT2D eigenvalue weighted by molar-refractivity contribution is 6.31. The molecule has 3 rings (SSSR count). The second kappa shape index (κ2) is 10.1. The first-order valence-corrected chi connectivity index (χ1v) is 10.1. The van der Waals surface area contributed by atoms with Gasteiger partial charge in [0.15, 0.2) is 0 Å². The molecule has 1 aromatic heterocycles. The van der Waals surface area contributed by atoms with Crippen LogP contribution in [0, 0.1) is 0 Å². The molecule has 0 saturated carbocycles. The number of aromatic amines is 1. The average molecular weight is 434 g/mol. The summed E-state index contributed by atoms with van der Waals surface area (Å²) in [7, 11) is 0. The van der Waals surface area contributed by atoms with Crippen molar-refractivity contribution in [2.45, 2.75) is 25.8 Å². The zero-order valence-corrected chi connectivity index (χ0v) is 17.4. The van der Waals surface area contributed by atoms with Crippen LogP contribution in [0.3, 0.4) is 0 Å². The molecule has 1 aromatic carbocycles. The molecule has 10 heteroatoms. The zero-order chi connectivity index (χ0) is 21.5. The molecule has 0 bridgehead atoms. The molecule has 160 valence electrons. The third kappa shape index (κ3) is 5.73. The summed E-state index contributed by atoms with van der Waals surface area (Å²) in [6, 6.07) is 6.06. The molecule has 3 N–H and O–H groups in total. The lowest BCUT2D eigenvalue weighted by Crippen LogP contribution is -2.45. The molecule has 30 heavy (non-hydrogen) atoms. The lowest BCUT2D eigenvalue weighted by molar-refractivity contribution is -0.122. The summed E-state index contributed by atoms with van der Waals surface area (Å²) in [6.45, 7) is 2.64. The summed E-state index contributed by atoms with van der Waals surface area (Å²) in [4.78, 5) is 39.2. The number of carbonyl (C=O) groups is 3. The first-order chi connectivity index (χ1) is 14.4. The molecule has 1 aliphatic heterocycles. The molecular weight excluding hydrogens is 410 g/mol. The van der Waals surface area contributed by atoms with Gasteiger partial charge in [-0.15, -0.1) is 0 Å². The van der Waals surface area contributed by atoms with Crippen LogP contribution in [0.2, 0.25) is 5.02 Å². The number of H-pyrrole nitrogens is 1. The van der Waals surface area contributed by atoms with Crippen molar-refractivity contribution in [3.63, 3.8) is 0 Å². The highest BCUT2D eigenvalue weighted by atomic mass is 35.5. The van der Waals surface area contributed by atoms with E-state index in [1.807, 2.05) is 0 Å². The van der Waals surface area contributed by atoms with E-state index in [0.717, 1.165) is 0 Å². The van der Waals surface area contributed by atoms with Gasteiger partial charge >= 0.3 is 0 Å². The average Bonchev–Trinajstić information content (AvgIpc) is 3.25. The van der Waals surface area contributed by atoms with E-state index in [-0.39, 0.29) is 36.9 Å². The van der Waals surface area contributed by atoms with Crippen LogP contribution in [0.1, 0.15) is 40.6 Å². The molecule has 3 amide bonds. The Labute approximate surface area is 179 Å². The minimum atomic E-state index is -0.335. The van der Waals surface area contributed by atoms with Crippen LogP contribution in [0.25, 0.3) is 0 Å². The Morgan fingerprint density at radius 1 is 1.27 bits per heavy atom. The summed E-state index contributed by atoms with van der Waals surface area (Å²) in [6.07, 6.45) is 2.73. The summed E-state index contributed by atoms with van der Waals surface area (Å²) >= 11 is 6.04. The molecule has 2 aromatic rings. The predicted molar refractivity (Wildman–Crippen MR) is 111 cm³/mol. The number of halogens is 1. The Hall–Kier alpha value is -3.07. The van der Waals surface area contributed by atoms with Crippen molar-refractivity contribution in [1.29, 1.82) is 0 Å². The Bertz CT molecular complexity index is 903. The highest BCUT2D eigenvalue weighted by Crippen LogP contribution is 2.23. The van der Waals surface area contributed by atoms with Crippen LogP contribution in [-0.4, -0.2) is 65.1 Å². The standard InChI is InChI=1S/C20H24ClN5O4/c1-13-12-30-17-5-4-14(21)10-15(17)19(28)22-7-2-3-9-26(11-18(27)24-13)20(29)16-6-8-23-25-16/h4-6,8,10,13H,2-3,7,9,11-12H2,1H3,(H,22,28)(H,23,25)(H,24,27)/t13-/m1/s1. The van der Waals surface area contributed by atoms with Crippen LogP contribution in [0.4, 0.5) is 0 Å². The summed E-state index contributed by atoms with van der Waals surface area (Å²) in [5, 5.41) is 12.5. The van der Waals surface area contributed by atoms with Crippen molar-refractivity contribution in [2.75, 3.05) is 26.2 Å². The van der Waals surface area contributed by atoms with Crippen LogP contribution < -0.4 is 15.4 Å². The van der Waals surface area contributed by atoms with Crippen molar-refractivity contribution in [3.8, 4) is 5.75 Å². The zero-order valence-electron chi connectivity index (χ0n) is 16.6. The van der Waals surface area contributed by atoms with E-state index in [2.05, 4.69) is 20.8 Å². The second-order valence-corrected chi connectivity index (χ2v) is 7.52. The molecule has 0 unspecified atom stereocenters. The van der Waals surface area contributed by atoms with Gasteiger partial charge in [0.1, 0.15) is 18.1 Å². The van der Waals surface area contributed by atoms with Crippen LogP contribution >= 0.6 is 11.6 Å². The largest absolute Gasteiger partial charge is 0.491 e. The number of benzene rings is 1. The van der Waals surface area contributed by atoms with Crippen molar-refractivity contribution >= 4 is 29.3 Å². The second-order valence-electron chi connectivity index (χ2n) is 7.08. The van der Waals surface area contributed by atoms with Gasteiger partial charge in [-0.05, 0) is 44.0 Å². The lowest BCUT2D eigenvalue weighted by Gasteiger charge is -2.23.